The maximum atomic E-state index is 5.31. The summed E-state index contributed by atoms with van der Waals surface area (Å²) in [5, 5.41) is 0. The van der Waals surface area contributed by atoms with Gasteiger partial charge in [-0.05, 0) is 5.56 Å². The van der Waals surface area contributed by atoms with Crippen molar-refractivity contribution in [2.75, 3.05) is 21.3 Å². The van der Waals surface area contributed by atoms with Crippen LogP contribution in [0.2, 0.25) is 0 Å². The quantitative estimate of drug-likeness (QED) is 0.698. The minimum atomic E-state index is -1.01. The molecule has 0 amide bonds. The summed E-state index contributed by atoms with van der Waals surface area (Å²) in [7, 11) is 4.73. The molecule has 3 nitrogen and oxygen atoms in total. The van der Waals surface area contributed by atoms with Crippen molar-refractivity contribution in [3.8, 4) is 0 Å². The molecule has 1 aromatic rings. The Labute approximate surface area is 91.0 Å². The normalized spacial score (nSPS) is 13.9. The van der Waals surface area contributed by atoms with Crippen LogP contribution in [-0.4, -0.2) is 27.3 Å². The van der Waals surface area contributed by atoms with Crippen molar-refractivity contribution in [1.29, 1.82) is 0 Å². The Balaban J connectivity index is 2.95. The third-order valence-electron chi connectivity index (χ3n) is 2.68. The van der Waals surface area contributed by atoms with E-state index in [0.29, 0.717) is 0 Å². The zero-order valence-corrected chi connectivity index (χ0v) is 9.69. The highest BCUT2D eigenvalue weighted by Gasteiger charge is 2.37. The van der Waals surface area contributed by atoms with Gasteiger partial charge in [0.05, 0.1) is 5.92 Å². The lowest BCUT2D eigenvalue weighted by Crippen LogP contribution is -2.41. The smallest absolute Gasteiger partial charge is 0.289 e. The number of hydrogen-bond acceptors (Lipinski definition) is 3. The molecule has 0 saturated heterocycles. The third-order valence-corrected chi connectivity index (χ3v) is 2.68. The van der Waals surface area contributed by atoms with Crippen LogP contribution in [0.4, 0.5) is 0 Å². The van der Waals surface area contributed by atoms with E-state index in [9.17, 15) is 0 Å². The fraction of sp³-hybridized carbons (Fsp3) is 0.500. The molecule has 0 bridgehead atoms. The summed E-state index contributed by atoms with van der Waals surface area (Å²) in [5.41, 5.74) is 1.11. The van der Waals surface area contributed by atoms with Gasteiger partial charge in [-0.3, -0.25) is 0 Å². The summed E-state index contributed by atoms with van der Waals surface area (Å²) >= 11 is 0. The van der Waals surface area contributed by atoms with Crippen molar-refractivity contribution in [2.45, 2.75) is 18.8 Å². The third kappa shape index (κ3) is 2.37. The van der Waals surface area contributed by atoms with Gasteiger partial charge < -0.3 is 14.2 Å². The van der Waals surface area contributed by atoms with Gasteiger partial charge in [0.2, 0.25) is 0 Å². The lowest BCUT2D eigenvalue weighted by molar-refractivity contribution is -0.362. The van der Waals surface area contributed by atoms with Crippen molar-refractivity contribution >= 4 is 0 Å². The molecule has 1 rings (SSSR count). The van der Waals surface area contributed by atoms with Crippen molar-refractivity contribution < 1.29 is 14.2 Å². The Bertz CT molecular complexity index is 272. The SMILES string of the molecule is COC(OC)(OC)C(C)c1ccccc1. The van der Waals surface area contributed by atoms with E-state index < -0.39 is 5.97 Å². The first kappa shape index (κ1) is 12.2. The average molecular weight is 210 g/mol. The molecule has 0 saturated carbocycles. The Kier molecular flexibility index (Phi) is 4.27. The molecule has 1 unspecified atom stereocenters. The number of benzene rings is 1. The number of hydrogen-bond donors (Lipinski definition) is 0. The van der Waals surface area contributed by atoms with Crippen molar-refractivity contribution in [3.63, 3.8) is 0 Å². The number of rotatable bonds is 5. The van der Waals surface area contributed by atoms with Crippen LogP contribution in [0.5, 0.6) is 0 Å². The fourth-order valence-corrected chi connectivity index (χ4v) is 1.73. The maximum Gasteiger partial charge on any atom is 0.289 e. The topological polar surface area (TPSA) is 27.7 Å². The van der Waals surface area contributed by atoms with Gasteiger partial charge in [-0.2, -0.15) is 0 Å². The summed E-state index contributed by atoms with van der Waals surface area (Å²) in [6.45, 7) is 2.01. The van der Waals surface area contributed by atoms with Crippen LogP contribution in [0.3, 0.4) is 0 Å². The minimum Gasteiger partial charge on any atom is -0.330 e. The van der Waals surface area contributed by atoms with Crippen LogP contribution < -0.4 is 0 Å². The zero-order chi connectivity index (χ0) is 11.3. The lowest BCUT2D eigenvalue weighted by Gasteiger charge is -2.34. The highest BCUT2D eigenvalue weighted by atomic mass is 16.9. The molecule has 0 radical (unpaired) electrons. The van der Waals surface area contributed by atoms with Crippen LogP contribution in [-0.2, 0) is 14.2 Å². The molecule has 0 aliphatic heterocycles. The number of ether oxygens (including phenoxy) is 3. The van der Waals surface area contributed by atoms with E-state index >= 15 is 0 Å². The van der Waals surface area contributed by atoms with Crippen molar-refractivity contribution in [2.24, 2.45) is 0 Å². The Morgan fingerprint density at radius 3 is 1.80 bits per heavy atom. The molecule has 15 heavy (non-hydrogen) atoms. The van der Waals surface area contributed by atoms with Crippen molar-refractivity contribution in [3.05, 3.63) is 35.9 Å². The fourth-order valence-electron chi connectivity index (χ4n) is 1.73. The Morgan fingerprint density at radius 2 is 1.40 bits per heavy atom. The molecule has 84 valence electrons. The van der Waals surface area contributed by atoms with E-state index in [4.69, 9.17) is 14.2 Å². The van der Waals surface area contributed by atoms with E-state index in [0.717, 1.165) is 5.56 Å². The summed E-state index contributed by atoms with van der Waals surface area (Å²) in [5.74, 6) is -1.01. The highest BCUT2D eigenvalue weighted by Crippen LogP contribution is 2.31. The van der Waals surface area contributed by atoms with Gasteiger partial charge in [0.25, 0.3) is 5.97 Å². The predicted octanol–water partition coefficient (Wildman–Crippen LogP) is 2.38. The van der Waals surface area contributed by atoms with Gasteiger partial charge >= 0.3 is 0 Å². The second-order valence-corrected chi connectivity index (χ2v) is 3.35. The van der Waals surface area contributed by atoms with E-state index in [1.165, 1.54) is 0 Å². The first-order valence-corrected chi connectivity index (χ1v) is 4.90. The molecule has 0 spiro atoms. The molecule has 0 N–H and O–H groups in total. The molecular formula is C12H18O3. The minimum absolute atomic E-state index is 0.00120. The first-order valence-electron chi connectivity index (χ1n) is 4.90. The van der Waals surface area contributed by atoms with Gasteiger partial charge in [-0.25, -0.2) is 0 Å². The molecule has 0 aliphatic rings. The Morgan fingerprint density at radius 1 is 0.933 bits per heavy atom. The average Bonchev–Trinajstić information content (AvgIpc) is 2.33. The molecule has 0 aliphatic carbocycles. The standard InChI is InChI=1S/C12H18O3/c1-10(11-8-6-5-7-9-11)12(13-2,14-3)15-4/h5-10H,1-4H3. The van der Waals surface area contributed by atoms with E-state index in [-0.39, 0.29) is 5.92 Å². The second-order valence-electron chi connectivity index (χ2n) is 3.35. The molecule has 0 heterocycles. The second kappa shape index (κ2) is 5.26. The largest absolute Gasteiger partial charge is 0.330 e. The van der Waals surface area contributed by atoms with Gasteiger partial charge in [-0.1, -0.05) is 37.3 Å². The highest BCUT2D eigenvalue weighted by molar-refractivity contribution is 5.20. The van der Waals surface area contributed by atoms with E-state index in [2.05, 4.69) is 0 Å². The van der Waals surface area contributed by atoms with Crippen LogP contribution in [0.25, 0.3) is 0 Å². The van der Waals surface area contributed by atoms with E-state index in [1.807, 2.05) is 37.3 Å². The number of methoxy groups -OCH3 is 3. The first-order chi connectivity index (χ1) is 7.20. The van der Waals surface area contributed by atoms with E-state index in [1.54, 1.807) is 21.3 Å². The van der Waals surface area contributed by atoms with Gasteiger partial charge in [0.15, 0.2) is 0 Å². The summed E-state index contributed by atoms with van der Waals surface area (Å²) in [6, 6.07) is 9.99. The summed E-state index contributed by atoms with van der Waals surface area (Å²) in [4.78, 5) is 0. The molecule has 3 heteroatoms. The predicted molar refractivity (Wildman–Crippen MR) is 58.6 cm³/mol. The van der Waals surface area contributed by atoms with Gasteiger partial charge in [0, 0.05) is 21.3 Å². The maximum absolute atomic E-state index is 5.31. The van der Waals surface area contributed by atoms with Crippen molar-refractivity contribution in [1.82, 2.24) is 0 Å². The van der Waals surface area contributed by atoms with Crippen LogP contribution in [0.1, 0.15) is 18.4 Å². The molecule has 1 atom stereocenters. The monoisotopic (exact) mass is 210 g/mol. The molecule has 1 aromatic carbocycles. The summed E-state index contributed by atoms with van der Waals surface area (Å²) < 4.78 is 15.9. The van der Waals surface area contributed by atoms with Crippen LogP contribution in [0, 0.1) is 0 Å². The molecular weight excluding hydrogens is 192 g/mol. The molecule has 0 fully saturated rings. The molecule has 0 aromatic heterocycles. The lowest BCUT2D eigenvalue weighted by atomic mass is 9.98. The Hall–Kier alpha value is -0.900. The summed E-state index contributed by atoms with van der Waals surface area (Å²) in [6.07, 6.45) is 0. The van der Waals surface area contributed by atoms with Crippen LogP contribution in [0.15, 0.2) is 30.3 Å². The van der Waals surface area contributed by atoms with Crippen LogP contribution >= 0.6 is 0 Å². The van der Waals surface area contributed by atoms with Gasteiger partial charge in [0.1, 0.15) is 0 Å². The zero-order valence-electron chi connectivity index (χ0n) is 9.69. The van der Waals surface area contributed by atoms with Gasteiger partial charge in [-0.15, -0.1) is 0 Å².